The lowest BCUT2D eigenvalue weighted by Crippen LogP contribution is -1.98. The van der Waals surface area contributed by atoms with Crippen molar-refractivity contribution in [3.63, 3.8) is 0 Å². The number of alkyl halides is 1. The lowest BCUT2D eigenvalue weighted by atomic mass is 10.0. The fourth-order valence-corrected chi connectivity index (χ4v) is 1.43. The molecule has 71 valence electrons. The lowest BCUT2D eigenvalue weighted by Gasteiger charge is -2.11. The van der Waals surface area contributed by atoms with E-state index in [4.69, 9.17) is 16.3 Å². The quantitative estimate of drug-likeness (QED) is 0.730. The van der Waals surface area contributed by atoms with E-state index < -0.39 is 6.67 Å². The topological polar surface area (TPSA) is 9.23 Å². The highest BCUT2D eigenvalue weighted by molar-refractivity contribution is 6.33. The molecule has 0 fully saturated rings. The van der Waals surface area contributed by atoms with Crippen molar-refractivity contribution in [3.8, 4) is 5.75 Å². The third-order valence-corrected chi connectivity index (χ3v) is 2.23. The molecule has 3 heteroatoms. The normalized spacial score (nSPS) is 10.5. The predicted molar refractivity (Wildman–Crippen MR) is 52.0 cm³/mol. The zero-order chi connectivity index (χ0) is 9.84. The molecule has 0 N–H and O–H groups in total. The Kier molecular flexibility index (Phi) is 3.55. The smallest absolute Gasteiger partial charge is 0.137 e. The molecule has 0 aliphatic carbocycles. The predicted octanol–water partition coefficient (Wildman–Crippen LogP) is 3.26. The second-order valence-corrected chi connectivity index (χ2v) is 3.11. The average molecular weight is 202 g/mol. The van der Waals surface area contributed by atoms with Crippen molar-refractivity contribution < 1.29 is 9.13 Å². The molecule has 13 heavy (non-hydrogen) atoms. The van der Waals surface area contributed by atoms with Gasteiger partial charge in [0.25, 0.3) is 0 Å². The molecule has 0 aliphatic rings. The maximum atomic E-state index is 12.4. The van der Waals surface area contributed by atoms with Gasteiger partial charge in [0.15, 0.2) is 0 Å². The van der Waals surface area contributed by atoms with E-state index in [-0.39, 0.29) is 0 Å². The molecular weight excluding hydrogens is 191 g/mol. The number of hydrogen-bond acceptors (Lipinski definition) is 1. The minimum Gasteiger partial charge on any atom is -0.495 e. The van der Waals surface area contributed by atoms with Gasteiger partial charge in [-0.05, 0) is 11.6 Å². The minimum atomic E-state index is -0.493. The van der Waals surface area contributed by atoms with Gasteiger partial charge in [0.2, 0.25) is 0 Å². The van der Waals surface area contributed by atoms with Gasteiger partial charge in [0.05, 0.1) is 18.8 Å². The number of hydrogen-bond donors (Lipinski definition) is 0. The van der Waals surface area contributed by atoms with Crippen molar-refractivity contribution >= 4 is 11.6 Å². The number of rotatable bonds is 3. The van der Waals surface area contributed by atoms with Crippen molar-refractivity contribution in [1.82, 2.24) is 0 Å². The summed E-state index contributed by atoms with van der Waals surface area (Å²) in [6.07, 6.45) is 0. The van der Waals surface area contributed by atoms with Gasteiger partial charge in [-0.15, -0.1) is 0 Å². The second kappa shape index (κ2) is 4.47. The zero-order valence-electron chi connectivity index (χ0n) is 7.60. The third kappa shape index (κ3) is 2.13. The summed E-state index contributed by atoms with van der Waals surface area (Å²) in [6, 6.07) is 5.32. The molecule has 0 bridgehead atoms. The van der Waals surface area contributed by atoms with E-state index in [1.54, 1.807) is 25.1 Å². The molecule has 0 aromatic heterocycles. The maximum Gasteiger partial charge on any atom is 0.137 e. The monoisotopic (exact) mass is 201 g/mol. The minimum absolute atomic E-state index is 0.472. The molecule has 0 amide bonds. The highest BCUT2D eigenvalue weighted by Gasteiger charge is 2.12. The first-order chi connectivity index (χ1) is 6.20. The van der Waals surface area contributed by atoms with Gasteiger partial charge in [-0.1, -0.05) is 30.7 Å². The average Bonchev–Trinajstić information content (AvgIpc) is 2.17. The summed E-state index contributed by atoms with van der Waals surface area (Å²) in [5.41, 5.74) is 0.712. The van der Waals surface area contributed by atoms with Crippen LogP contribution in [0.25, 0.3) is 0 Å². The van der Waals surface area contributed by atoms with Crippen molar-refractivity contribution in [3.05, 3.63) is 34.7 Å². The summed E-state index contributed by atoms with van der Waals surface area (Å²) < 4.78 is 17.4. The van der Waals surface area contributed by atoms with Gasteiger partial charge in [-0.3, -0.25) is 4.39 Å². The van der Waals surface area contributed by atoms with Crippen LogP contribution >= 0.6 is 11.6 Å². The Labute approximate surface area is 82.5 Å². The summed E-state index contributed by atoms with van der Waals surface area (Å²) in [5.74, 6) is 1.19. The number of ether oxygens (including phenoxy) is 1. The van der Waals surface area contributed by atoms with Crippen molar-refractivity contribution in [2.75, 3.05) is 13.8 Å². The van der Waals surface area contributed by atoms with Crippen LogP contribution in [0.3, 0.4) is 0 Å². The van der Waals surface area contributed by atoms with Gasteiger partial charge < -0.3 is 4.74 Å². The Morgan fingerprint density at radius 1 is 1.54 bits per heavy atom. The number of halogens is 2. The Bertz CT molecular complexity index is 288. The van der Waals surface area contributed by atoms with Crippen LogP contribution in [-0.2, 0) is 0 Å². The fraction of sp³-hybridized carbons (Fsp3) is 0.300. The molecule has 0 atom stereocenters. The summed E-state index contributed by atoms with van der Waals surface area (Å²) in [5, 5.41) is 0.472. The molecule has 0 unspecified atom stereocenters. The Morgan fingerprint density at radius 2 is 2.23 bits per heavy atom. The number of benzene rings is 1. The largest absolute Gasteiger partial charge is 0.495 e. The van der Waals surface area contributed by atoms with Crippen LogP contribution in [0, 0.1) is 5.92 Å². The van der Waals surface area contributed by atoms with Crippen molar-refractivity contribution in [1.29, 1.82) is 0 Å². The first-order valence-electron chi connectivity index (χ1n) is 3.92. The summed E-state index contributed by atoms with van der Waals surface area (Å²) >= 11 is 5.97. The third-order valence-electron chi connectivity index (χ3n) is 1.84. The van der Waals surface area contributed by atoms with E-state index >= 15 is 0 Å². The van der Waals surface area contributed by atoms with Crippen LogP contribution < -0.4 is 4.74 Å². The van der Waals surface area contributed by atoms with E-state index in [1.165, 1.54) is 7.11 Å². The van der Waals surface area contributed by atoms with Crippen LogP contribution in [0.5, 0.6) is 5.75 Å². The van der Waals surface area contributed by atoms with Crippen LogP contribution in [0.15, 0.2) is 18.2 Å². The van der Waals surface area contributed by atoms with Gasteiger partial charge in [0.1, 0.15) is 5.75 Å². The molecule has 0 saturated carbocycles. The van der Waals surface area contributed by atoms with Gasteiger partial charge in [0, 0.05) is 5.92 Å². The van der Waals surface area contributed by atoms with Crippen LogP contribution in [-0.4, -0.2) is 13.8 Å². The van der Waals surface area contributed by atoms with Gasteiger partial charge in [-0.25, -0.2) is 0 Å². The maximum absolute atomic E-state index is 12.4. The van der Waals surface area contributed by atoms with E-state index in [0.717, 1.165) is 0 Å². The van der Waals surface area contributed by atoms with Gasteiger partial charge in [-0.2, -0.15) is 0 Å². The molecule has 0 saturated heterocycles. The Hall–Kier alpha value is -0.760. The highest BCUT2D eigenvalue weighted by atomic mass is 35.5. The van der Waals surface area contributed by atoms with Crippen LogP contribution in [0.4, 0.5) is 4.39 Å². The summed E-state index contributed by atoms with van der Waals surface area (Å²) in [6.45, 7) is 1.22. The molecule has 0 heterocycles. The molecule has 1 nitrogen and oxygen atoms in total. The van der Waals surface area contributed by atoms with Gasteiger partial charge >= 0.3 is 0 Å². The second-order valence-electron chi connectivity index (χ2n) is 2.74. The fourth-order valence-electron chi connectivity index (χ4n) is 1.07. The first kappa shape index (κ1) is 10.3. The van der Waals surface area contributed by atoms with E-state index in [0.29, 0.717) is 22.3 Å². The summed E-state index contributed by atoms with van der Waals surface area (Å²) in [7, 11) is 1.54. The Morgan fingerprint density at radius 3 is 2.77 bits per heavy atom. The highest BCUT2D eigenvalue weighted by Crippen LogP contribution is 2.32. The van der Waals surface area contributed by atoms with E-state index in [2.05, 4.69) is 0 Å². The lowest BCUT2D eigenvalue weighted by molar-refractivity contribution is 0.414. The van der Waals surface area contributed by atoms with Crippen LogP contribution in [0.1, 0.15) is 12.5 Å². The molecule has 0 aliphatic heterocycles. The van der Waals surface area contributed by atoms with Crippen molar-refractivity contribution in [2.45, 2.75) is 6.92 Å². The SMILES string of the molecule is COc1cccc([C](C)CF)c1Cl. The van der Waals surface area contributed by atoms with Crippen molar-refractivity contribution in [2.24, 2.45) is 0 Å². The standard InChI is InChI=1S/C10H11ClFO/c1-7(6-12)8-4-3-5-9(13-2)10(8)11/h3-5H,6H2,1-2H3. The molecule has 1 rings (SSSR count). The summed E-state index contributed by atoms with van der Waals surface area (Å²) in [4.78, 5) is 0. The molecule has 1 radical (unpaired) electrons. The molecule has 0 spiro atoms. The first-order valence-corrected chi connectivity index (χ1v) is 4.29. The number of methoxy groups -OCH3 is 1. The van der Waals surface area contributed by atoms with Crippen LogP contribution in [0.2, 0.25) is 5.02 Å². The Balaban J connectivity index is 3.08. The van der Waals surface area contributed by atoms with E-state index in [9.17, 15) is 4.39 Å². The zero-order valence-corrected chi connectivity index (χ0v) is 8.36. The van der Waals surface area contributed by atoms with E-state index in [1.807, 2.05) is 0 Å². The molecular formula is C10H11ClFO. The molecule has 1 aromatic rings. The molecule has 1 aromatic carbocycles.